The van der Waals surface area contributed by atoms with Crippen molar-refractivity contribution in [3.63, 3.8) is 0 Å². The standard InChI is InChI=1S/C24H32N4O4/c1-17(29)23(25-15-19-7-3-5-9-21(19)31)27-11-13-28(14-12-27)24(18(2)30)26-16-20-8-4-6-10-22(20)32/h3-10,15-18,23-24,29-32H,11-14H2,1-2H3/b25-15+,26-16+. The normalized spacial score (nSPS) is 19.9. The molecule has 0 saturated carbocycles. The smallest absolute Gasteiger partial charge is 0.128 e. The van der Waals surface area contributed by atoms with Crippen LogP contribution in [0, 0.1) is 0 Å². The first-order chi connectivity index (χ1) is 15.4. The zero-order valence-corrected chi connectivity index (χ0v) is 18.5. The Bertz CT molecular complexity index is 848. The second kappa shape index (κ2) is 11.2. The van der Waals surface area contributed by atoms with Gasteiger partial charge in [0, 0.05) is 49.7 Å². The third kappa shape index (κ3) is 6.14. The zero-order valence-electron chi connectivity index (χ0n) is 18.5. The molecule has 3 rings (SSSR count). The Morgan fingerprint density at radius 3 is 1.34 bits per heavy atom. The summed E-state index contributed by atoms with van der Waals surface area (Å²) in [6.45, 7) is 5.97. The Balaban J connectivity index is 1.65. The molecule has 0 aliphatic carbocycles. The summed E-state index contributed by atoms with van der Waals surface area (Å²) >= 11 is 0. The molecule has 0 spiro atoms. The molecular formula is C24H32N4O4. The summed E-state index contributed by atoms with van der Waals surface area (Å²) < 4.78 is 0. The molecule has 1 saturated heterocycles. The van der Waals surface area contributed by atoms with Crippen molar-refractivity contribution in [1.82, 2.24) is 9.80 Å². The van der Waals surface area contributed by atoms with E-state index in [1.54, 1.807) is 62.7 Å². The fraction of sp³-hybridized carbons (Fsp3) is 0.417. The minimum Gasteiger partial charge on any atom is -0.507 e. The number of phenols is 2. The Morgan fingerprint density at radius 2 is 1.03 bits per heavy atom. The fourth-order valence-corrected chi connectivity index (χ4v) is 3.82. The van der Waals surface area contributed by atoms with E-state index in [9.17, 15) is 20.4 Å². The first-order valence-electron chi connectivity index (χ1n) is 10.8. The van der Waals surface area contributed by atoms with Gasteiger partial charge in [-0.3, -0.25) is 19.8 Å². The van der Waals surface area contributed by atoms with Crippen molar-refractivity contribution in [3.8, 4) is 11.5 Å². The molecule has 0 radical (unpaired) electrons. The van der Waals surface area contributed by atoms with E-state index >= 15 is 0 Å². The molecule has 2 aromatic carbocycles. The van der Waals surface area contributed by atoms with Gasteiger partial charge in [0.05, 0.1) is 12.2 Å². The van der Waals surface area contributed by atoms with Gasteiger partial charge in [0.1, 0.15) is 23.8 Å². The number of piperazine rings is 1. The number of hydrogen-bond donors (Lipinski definition) is 4. The number of aromatic hydroxyl groups is 2. The van der Waals surface area contributed by atoms with Crippen LogP contribution in [0.15, 0.2) is 58.5 Å². The summed E-state index contributed by atoms with van der Waals surface area (Å²) in [7, 11) is 0. The van der Waals surface area contributed by atoms with E-state index < -0.39 is 24.5 Å². The second-order valence-electron chi connectivity index (χ2n) is 8.05. The minimum absolute atomic E-state index is 0.146. The highest BCUT2D eigenvalue weighted by Gasteiger charge is 2.30. The highest BCUT2D eigenvalue weighted by molar-refractivity contribution is 5.83. The number of hydrogen-bond acceptors (Lipinski definition) is 8. The third-order valence-corrected chi connectivity index (χ3v) is 5.57. The monoisotopic (exact) mass is 440 g/mol. The predicted octanol–water partition coefficient (Wildman–Crippen LogP) is 1.67. The molecule has 4 unspecified atom stereocenters. The maximum absolute atomic E-state index is 10.3. The first-order valence-corrected chi connectivity index (χ1v) is 10.8. The molecule has 0 aromatic heterocycles. The molecule has 1 aliphatic rings. The summed E-state index contributed by atoms with van der Waals surface area (Å²) in [5.41, 5.74) is 1.20. The highest BCUT2D eigenvalue weighted by atomic mass is 16.3. The fourth-order valence-electron chi connectivity index (χ4n) is 3.82. The lowest BCUT2D eigenvalue weighted by Crippen LogP contribution is -2.56. The van der Waals surface area contributed by atoms with E-state index in [4.69, 9.17) is 0 Å². The van der Waals surface area contributed by atoms with Crippen LogP contribution < -0.4 is 0 Å². The summed E-state index contributed by atoms with van der Waals surface area (Å²) in [6, 6.07) is 13.9. The summed E-state index contributed by atoms with van der Waals surface area (Å²) in [6.07, 6.45) is 0.937. The van der Waals surface area contributed by atoms with E-state index in [1.807, 2.05) is 12.1 Å². The van der Waals surface area contributed by atoms with Gasteiger partial charge in [-0.25, -0.2) is 0 Å². The molecule has 2 aromatic rings. The van der Waals surface area contributed by atoms with Crippen molar-refractivity contribution in [2.75, 3.05) is 26.2 Å². The summed E-state index contributed by atoms with van der Waals surface area (Å²) in [5.74, 6) is 0.292. The molecule has 4 N–H and O–H groups in total. The molecule has 8 nitrogen and oxygen atoms in total. The van der Waals surface area contributed by atoms with Crippen LogP contribution >= 0.6 is 0 Å². The van der Waals surface area contributed by atoms with Crippen LogP contribution in [0.2, 0.25) is 0 Å². The molecule has 4 atom stereocenters. The molecule has 32 heavy (non-hydrogen) atoms. The van der Waals surface area contributed by atoms with Gasteiger partial charge in [-0.1, -0.05) is 24.3 Å². The van der Waals surface area contributed by atoms with Gasteiger partial charge in [0.2, 0.25) is 0 Å². The first kappa shape index (κ1) is 23.9. The SMILES string of the molecule is CC(O)C(/N=C/c1ccccc1O)N1CCN(C(/N=C/c2ccccc2O)C(C)O)CC1. The quantitative estimate of drug-likeness (QED) is 0.465. The number of rotatable bonds is 8. The van der Waals surface area contributed by atoms with Gasteiger partial charge in [0.15, 0.2) is 0 Å². The van der Waals surface area contributed by atoms with E-state index in [0.29, 0.717) is 37.3 Å². The maximum Gasteiger partial charge on any atom is 0.128 e. The minimum atomic E-state index is -0.685. The van der Waals surface area contributed by atoms with Gasteiger partial charge >= 0.3 is 0 Å². The zero-order chi connectivity index (χ0) is 23.1. The predicted molar refractivity (Wildman–Crippen MR) is 125 cm³/mol. The van der Waals surface area contributed by atoms with Gasteiger partial charge in [0.25, 0.3) is 0 Å². The van der Waals surface area contributed by atoms with Crippen molar-refractivity contribution < 1.29 is 20.4 Å². The van der Waals surface area contributed by atoms with Crippen molar-refractivity contribution in [1.29, 1.82) is 0 Å². The highest BCUT2D eigenvalue weighted by Crippen LogP contribution is 2.18. The molecule has 1 aliphatic heterocycles. The van der Waals surface area contributed by atoms with E-state index in [-0.39, 0.29) is 11.5 Å². The van der Waals surface area contributed by atoms with Gasteiger partial charge in [-0.05, 0) is 38.1 Å². The number of para-hydroxylation sites is 2. The lowest BCUT2D eigenvalue weighted by molar-refractivity contribution is -0.00296. The average molecular weight is 441 g/mol. The van der Waals surface area contributed by atoms with Gasteiger partial charge < -0.3 is 20.4 Å². The summed E-state index contributed by atoms with van der Waals surface area (Å²) in [5, 5.41) is 40.5. The summed E-state index contributed by atoms with van der Waals surface area (Å²) in [4.78, 5) is 13.2. The molecule has 1 fully saturated rings. The van der Waals surface area contributed by atoms with Crippen molar-refractivity contribution in [3.05, 3.63) is 59.7 Å². The van der Waals surface area contributed by atoms with Crippen LogP contribution in [-0.2, 0) is 0 Å². The Morgan fingerprint density at radius 1 is 0.688 bits per heavy atom. The number of aliphatic hydroxyl groups is 2. The van der Waals surface area contributed by atoms with E-state index in [2.05, 4.69) is 19.8 Å². The Labute approximate surface area is 188 Å². The van der Waals surface area contributed by atoms with Crippen molar-refractivity contribution >= 4 is 12.4 Å². The van der Waals surface area contributed by atoms with Gasteiger partial charge in [-0.15, -0.1) is 0 Å². The Kier molecular flexibility index (Phi) is 8.35. The van der Waals surface area contributed by atoms with E-state index in [1.165, 1.54) is 0 Å². The number of aliphatic hydroxyl groups excluding tert-OH is 2. The molecular weight excluding hydrogens is 408 g/mol. The maximum atomic E-state index is 10.3. The topological polar surface area (TPSA) is 112 Å². The van der Waals surface area contributed by atoms with Crippen LogP contribution in [0.3, 0.4) is 0 Å². The molecule has 172 valence electrons. The number of benzene rings is 2. The van der Waals surface area contributed by atoms with Crippen LogP contribution in [0.4, 0.5) is 0 Å². The van der Waals surface area contributed by atoms with Crippen LogP contribution in [0.25, 0.3) is 0 Å². The molecule has 1 heterocycles. The molecule has 8 heteroatoms. The second-order valence-corrected chi connectivity index (χ2v) is 8.05. The lowest BCUT2D eigenvalue weighted by Gasteiger charge is -2.41. The number of phenolic OH excluding ortho intramolecular Hbond substituents is 2. The van der Waals surface area contributed by atoms with Crippen LogP contribution in [0.1, 0.15) is 25.0 Å². The van der Waals surface area contributed by atoms with Crippen molar-refractivity contribution in [2.45, 2.75) is 38.4 Å². The number of aliphatic imine (C=N–C) groups is 2. The third-order valence-electron chi connectivity index (χ3n) is 5.57. The average Bonchev–Trinajstić information content (AvgIpc) is 2.77. The Hall–Kier alpha value is -2.78. The van der Waals surface area contributed by atoms with Crippen LogP contribution in [0.5, 0.6) is 11.5 Å². The lowest BCUT2D eigenvalue weighted by atomic mass is 10.1. The van der Waals surface area contributed by atoms with Crippen molar-refractivity contribution in [2.24, 2.45) is 9.98 Å². The molecule has 0 amide bonds. The van der Waals surface area contributed by atoms with Crippen LogP contribution in [-0.4, -0.2) is 93.4 Å². The van der Waals surface area contributed by atoms with Gasteiger partial charge in [-0.2, -0.15) is 0 Å². The largest absolute Gasteiger partial charge is 0.507 e. The van der Waals surface area contributed by atoms with E-state index in [0.717, 1.165) is 0 Å². The molecule has 0 bridgehead atoms. The number of nitrogens with zero attached hydrogens (tertiary/aromatic N) is 4.